The molecule has 0 aliphatic rings. The zero-order valence-corrected chi connectivity index (χ0v) is 10.7. The highest BCUT2D eigenvalue weighted by Crippen LogP contribution is 2.28. The summed E-state index contributed by atoms with van der Waals surface area (Å²) in [7, 11) is 0. The van der Waals surface area contributed by atoms with Gasteiger partial charge in [0.05, 0.1) is 15.7 Å². The topological polar surface area (TPSA) is 64.3 Å². The zero-order chi connectivity index (χ0) is 13.0. The molecule has 0 heterocycles. The fraction of sp³-hybridized carbons (Fsp3) is 0.273. The third-order valence-corrected chi connectivity index (χ3v) is 3.01. The van der Waals surface area contributed by atoms with Crippen LogP contribution in [-0.2, 0) is 4.79 Å². The molecule has 0 bridgehead atoms. The molecule has 0 aromatic heterocycles. The Morgan fingerprint density at radius 3 is 2.76 bits per heavy atom. The number of carbonyl (C=O) groups is 1. The molecule has 17 heavy (non-hydrogen) atoms. The third kappa shape index (κ3) is 2.94. The van der Waals surface area contributed by atoms with Crippen LogP contribution in [0.5, 0.6) is 0 Å². The van der Waals surface area contributed by atoms with Crippen LogP contribution in [0.4, 0.5) is 10.1 Å². The van der Waals surface area contributed by atoms with Gasteiger partial charge in [-0.15, -0.1) is 0 Å². The lowest BCUT2D eigenvalue weighted by Crippen LogP contribution is -2.30. The van der Waals surface area contributed by atoms with Crippen LogP contribution in [-0.4, -0.2) is 24.2 Å². The molecule has 0 saturated heterocycles. The highest BCUT2D eigenvalue weighted by molar-refractivity contribution is 9.10. The van der Waals surface area contributed by atoms with Gasteiger partial charge < -0.3 is 10.0 Å². The summed E-state index contributed by atoms with van der Waals surface area (Å²) in [4.78, 5) is 12.0. The van der Waals surface area contributed by atoms with Gasteiger partial charge in [-0.1, -0.05) is 0 Å². The molecule has 4 nitrogen and oxygen atoms in total. The van der Waals surface area contributed by atoms with Crippen molar-refractivity contribution in [3.05, 3.63) is 28.0 Å². The van der Waals surface area contributed by atoms with Crippen LogP contribution in [0, 0.1) is 17.1 Å². The van der Waals surface area contributed by atoms with E-state index in [1.807, 2.05) is 6.07 Å². The molecule has 1 aromatic rings. The summed E-state index contributed by atoms with van der Waals surface area (Å²) in [5.74, 6) is -1.65. The van der Waals surface area contributed by atoms with Gasteiger partial charge >= 0.3 is 5.97 Å². The second-order valence-electron chi connectivity index (χ2n) is 3.28. The van der Waals surface area contributed by atoms with Gasteiger partial charge in [-0.3, -0.25) is 4.79 Å². The minimum absolute atomic E-state index is 0.0568. The number of hydrogen-bond donors (Lipinski definition) is 1. The molecule has 0 saturated carbocycles. The van der Waals surface area contributed by atoms with Crippen LogP contribution in [0.2, 0.25) is 0 Å². The third-order valence-electron chi connectivity index (χ3n) is 2.23. The van der Waals surface area contributed by atoms with E-state index in [9.17, 15) is 9.18 Å². The highest BCUT2D eigenvalue weighted by Gasteiger charge is 2.17. The van der Waals surface area contributed by atoms with Crippen molar-refractivity contribution in [3.63, 3.8) is 0 Å². The molecule has 6 heteroatoms. The van der Waals surface area contributed by atoms with Gasteiger partial charge in [0, 0.05) is 6.54 Å². The fourth-order valence-electron chi connectivity index (χ4n) is 1.40. The summed E-state index contributed by atoms with van der Waals surface area (Å²) < 4.78 is 14.0. The summed E-state index contributed by atoms with van der Waals surface area (Å²) >= 11 is 2.98. The smallest absolute Gasteiger partial charge is 0.323 e. The molecule has 1 aromatic carbocycles. The molecular formula is C11H10BrFN2O2. The largest absolute Gasteiger partial charge is 0.480 e. The van der Waals surface area contributed by atoms with Crippen molar-refractivity contribution < 1.29 is 14.3 Å². The van der Waals surface area contributed by atoms with Crippen LogP contribution < -0.4 is 4.90 Å². The van der Waals surface area contributed by atoms with E-state index in [1.54, 1.807) is 6.92 Å². The van der Waals surface area contributed by atoms with E-state index >= 15 is 0 Å². The standard InChI is InChI=1S/C11H10BrFN2O2/c1-2-15(6-9(16)17)8-4-3-7(5-14)10(12)11(8)13/h3-4H,2,6H2,1H3,(H,16,17). The number of anilines is 1. The zero-order valence-electron chi connectivity index (χ0n) is 9.07. The molecule has 1 N–H and O–H groups in total. The Morgan fingerprint density at radius 2 is 2.29 bits per heavy atom. The van der Waals surface area contributed by atoms with Gasteiger partial charge in [0.2, 0.25) is 0 Å². The first-order chi connectivity index (χ1) is 8.01. The van der Waals surface area contributed by atoms with E-state index in [0.29, 0.717) is 6.54 Å². The summed E-state index contributed by atoms with van der Waals surface area (Å²) in [6.07, 6.45) is 0. The molecule has 0 spiro atoms. The van der Waals surface area contributed by atoms with Gasteiger partial charge in [0.25, 0.3) is 0 Å². The average molecular weight is 301 g/mol. The Hall–Kier alpha value is -1.61. The summed E-state index contributed by atoms with van der Waals surface area (Å²) in [5.41, 5.74) is 0.346. The van der Waals surface area contributed by atoms with E-state index in [4.69, 9.17) is 10.4 Å². The first-order valence-electron chi connectivity index (χ1n) is 4.86. The summed E-state index contributed by atoms with van der Waals surface area (Å²) in [6.45, 7) is 1.81. The summed E-state index contributed by atoms with van der Waals surface area (Å²) in [6, 6.07) is 4.70. The molecule has 0 atom stereocenters. The molecule has 0 aliphatic heterocycles. The lowest BCUT2D eigenvalue weighted by molar-refractivity contribution is -0.135. The van der Waals surface area contributed by atoms with Crippen molar-refractivity contribution in [2.24, 2.45) is 0 Å². The van der Waals surface area contributed by atoms with Crippen LogP contribution >= 0.6 is 15.9 Å². The number of nitrogens with zero attached hydrogens (tertiary/aromatic N) is 2. The minimum Gasteiger partial charge on any atom is -0.480 e. The molecule has 0 amide bonds. The van der Waals surface area contributed by atoms with E-state index in [1.165, 1.54) is 17.0 Å². The second kappa shape index (κ2) is 5.64. The number of likely N-dealkylation sites (N-methyl/N-ethyl adjacent to an activating group) is 1. The number of nitriles is 1. The Kier molecular flexibility index (Phi) is 4.46. The van der Waals surface area contributed by atoms with Crippen LogP contribution in [0.3, 0.4) is 0 Å². The molecule has 0 aliphatic carbocycles. The molecule has 0 unspecified atom stereocenters. The van der Waals surface area contributed by atoms with Crippen molar-refractivity contribution in [3.8, 4) is 6.07 Å². The van der Waals surface area contributed by atoms with Crippen molar-refractivity contribution in [1.82, 2.24) is 0 Å². The lowest BCUT2D eigenvalue weighted by Gasteiger charge is -2.21. The minimum atomic E-state index is -1.04. The van der Waals surface area contributed by atoms with Gasteiger partial charge in [0.15, 0.2) is 5.82 Å². The number of aliphatic carboxylic acids is 1. The number of benzene rings is 1. The predicted molar refractivity (Wildman–Crippen MR) is 64.3 cm³/mol. The van der Waals surface area contributed by atoms with Gasteiger partial charge in [-0.05, 0) is 35.0 Å². The normalized spacial score (nSPS) is 9.76. The Balaban J connectivity index is 3.18. The fourth-order valence-corrected chi connectivity index (χ4v) is 1.82. The van der Waals surface area contributed by atoms with Crippen molar-refractivity contribution in [1.29, 1.82) is 5.26 Å². The van der Waals surface area contributed by atoms with Crippen molar-refractivity contribution >= 4 is 27.6 Å². The van der Waals surface area contributed by atoms with Gasteiger partial charge in [-0.2, -0.15) is 5.26 Å². The quantitative estimate of drug-likeness (QED) is 0.927. The van der Waals surface area contributed by atoms with E-state index in [0.717, 1.165) is 0 Å². The van der Waals surface area contributed by atoms with Crippen molar-refractivity contribution in [2.45, 2.75) is 6.92 Å². The molecular weight excluding hydrogens is 291 g/mol. The van der Waals surface area contributed by atoms with Crippen LogP contribution in [0.15, 0.2) is 16.6 Å². The van der Waals surface area contributed by atoms with Gasteiger partial charge in [-0.25, -0.2) is 4.39 Å². The Bertz CT molecular complexity index is 485. The first kappa shape index (κ1) is 13.5. The number of rotatable bonds is 4. The maximum atomic E-state index is 13.9. The Morgan fingerprint density at radius 1 is 1.65 bits per heavy atom. The first-order valence-corrected chi connectivity index (χ1v) is 5.65. The number of hydrogen-bond acceptors (Lipinski definition) is 3. The average Bonchev–Trinajstić information content (AvgIpc) is 2.29. The monoisotopic (exact) mass is 300 g/mol. The highest BCUT2D eigenvalue weighted by atomic mass is 79.9. The maximum absolute atomic E-state index is 13.9. The van der Waals surface area contributed by atoms with Gasteiger partial charge in [0.1, 0.15) is 12.6 Å². The molecule has 1 rings (SSSR count). The second-order valence-corrected chi connectivity index (χ2v) is 4.07. The summed E-state index contributed by atoms with van der Waals surface area (Å²) in [5, 5.41) is 17.4. The predicted octanol–water partition coefficient (Wildman–Crippen LogP) is 2.37. The number of carboxylic acids is 1. The van der Waals surface area contributed by atoms with Crippen LogP contribution in [0.1, 0.15) is 12.5 Å². The maximum Gasteiger partial charge on any atom is 0.323 e. The van der Waals surface area contributed by atoms with E-state index in [-0.39, 0.29) is 22.3 Å². The van der Waals surface area contributed by atoms with Crippen LogP contribution in [0.25, 0.3) is 0 Å². The Labute approximate surface area is 106 Å². The molecule has 0 fully saturated rings. The van der Waals surface area contributed by atoms with E-state index < -0.39 is 11.8 Å². The molecule has 90 valence electrons. The SMILES string of the molecule is CCN(CC(=O)O)c1ccc(C#N)c(Br)c1F. The lowest BCUT2D eigenvalue weighted by atomic mass is 10.2. The van der Waals surface area contributed by atoms with Crippen molar-refractivity contribution in [2.75, 3.05) is 18.0 Å². The van der Waals surface area contributed by atoms with E-state index in [2.05, 4.69) is 15.9 Å². The molecule has 0 radical (unpaired) electrons. The number of halogens is 2. The number of carboxylic acid groups (broad SMARTS) is 1.